The average molecular weight is 227 g/mol. The molecule has 0 fully saturated rings. The second kappa shape index (κ2) is 4.99. The zero-order valence-corrected chi connectivity index (χ0v) is 9.43. The fourth-order valence-corrected chi connectivity index (χ4v) is 1.72. The van der Waals surface area contributed by atoms with Crippen molar-refractivity contribution in [2.45, 2.75) is 26.3 Å². The summed E-state index contributed by atoms with van der Waals surface area (Å²) in [5.41, 5.74) is 5.84. The number of carbonyl (C=O) groups excluding carboxylic acids is 2. The molecular formula is C9H13N3O2S. The number of thiazole rings is 1. The Morgan fingerprint density at radius 2 is 2.33 bits per heavy atom. The van der Waals surface area contributed by atoms with E-state index in [4.69, 9.17) is 5.73 Å². The molecule has 1 unspecified atom stereocenters. The summed E-state index contributed by atoms with van der Waals surface area (Å²) < 4.78 is 0. The number of nitrogens with one attached hydrogen (secondary N) is 1. The fraction of sp³-hybridized carbons (Fsp3) is 0.444. The molecule has 1 amide bonds. The predicted octanol–water partition coefficient (Wildman–Crippen LogP) is 1.02. The van der Waals surface area contributed by atoms with Crippen LogP contribution < -0.4 is 11.1 Å². The molecule has 0 bridgehead atoms. The van der Waals surface area contributed by atoms with E-state index in [2.05, 4.69) is 10.3 Å². The number of nitrogens with two attached hydrogens (primary N) is 1. The highest BCUT2D eigenvalue weighted by Crippen LogP contribution is 2.15. The van der Waals surface area contributed by atoms with Crippen molar-refractivity contribution >= 4 is 28.2 Å². The Labute approximate surface area is 91.7 Å². The highest BCUT2D eigenvalue weighted by atomic mass is 32.1. The minimum atomic E-state index is -0.186. The van der Waals surface area contributed by atoms with Crippen molar-refractivity contribution in [3.8, 4) is 0 Å². The number of Topliss-reactive ketones (excluding diaryl/α,β-unsaturated/α-hetero) is 1. The minimum Gasteiger partial charge on any atom is -0.327 e. The maximum absolute atomic E-state index is 11.3. The highest BCUT2D eigenvalue weighted by Gasteiger charge is 2.10. The molecule has 1 rings (SSSR count). The highest BCUT2D eigenvalue weighted by molar-refractivity contribution is 7.14. The van der Waals surface area contributed by atoms with Gasteiger partial charge in [-0.25, -0.2) is 4.98 Å². The number of aromatic nitrogens is 1. The summed E-state index contributed by atoms with van der Waals surface area (Å²) in [5, 5.41) is 4.64. The third kappa shape index (κ3) is 3.77. The number of rotatable bonds is 4. The molecule has 0 aliphatic rings. The first-order valence-corrected chi connectivity index (χ1v) is 5.39. The normalized spacial score (nSPS) is 12.2. The van der Waals surface area contributed by atoms with Gasteiger partial charge < -0.3 is 11.1 Å². The zero-order chi connectivity index (χ0) is 11.4. The van der Waals surface area contributed by atoms with Gasteiger partial charge in [0, 0.05) is 24.8 Å². The summed E-state index contributed by atoms with van der Waals surface area (Å²) in [4.78, 5) is 26.2. The summed E-state index contributed by atoms with van der Waals surface area (Å²) in [7, 11) is 0. The number of ketones is 1. The van der Waals surface area contributed by atoms with Gasteiger partial charge in [0.05, 0.1) is 0 Å². The molecule has 0 aromatic carbocycles. The monoisotopic (exact) mass is 227 g/mol. The summed E-state index contributed by atoms with van der Waals surface area (Å²) in [5.74, 6) is -0.298. The second-order valence-corrected chi connectivity index (χ2v) is 4.18. The maximum atomic E-state index is 11.3. The smallest absolute Gasteiger partial charge is 0.227 e. The average Bonchev–Trinajstić information content (AvgIpc) is 2.50. The van der Waals surface area contributed by atoms with Gasteiger partial charge in [-0.3, -0.25) is 9.59 Å². The van der Waals surface area contributed by atoms with Crippen LogP contribution in [0.15, 0.2) is 5.38 Å². The molecule has 1 aromatic heterocycles. The van der Waals surface area contributed by atoms with Gasteiger partial charge >= 0.3 is 0 Å². The molecule has 0 saturated heterocycles. The molecule has 3 N–H and O–H groups in total. The first-order chi connectivity index (χ1) is 6.99. The van der Waals surface area contributed by atoms with E-state index in [0.29, 0.717) is 10.8 Å². The Morgan fingerprint density at radius 1 is 1.67 bits per heavy atom. The first-order valence-electron chi connectivity index (χ1n) is 4.51. The van der Waals surface area contributed by atoms with Crippen molar-refractivity contribution in [3.05, 3.63) is 11.1 Å². The van der Waals surface area contributed by atoms with Crippen molar-refractivity contribution in [2.75, 3.05) is 5.32 Å². The molecule has 0 radical (unpaired) electrons. The van der Waals surface area contributed by atoms with Gasteiger partial charge in [0.15, 0.2) is 10.9 Å². The summed E-state index contributed by atoms with van der Waals surface area (Å²) >= 11 is 1.23. The summed E-state index contributed by atoms with van der Waals surface area (Å²) in [6.07, 6.45) is 0.245. The molecule has 1 atom stereocenters. The van der Waals surface area contributed by atoms with E-state index in [1.54, 1.807) is 12.3 Å². The van der Waals surface area contributed by atoms with Crippen molar-refractivity contribution in [1.29, 1.82) is 0 Å². The van der Waals surface area contributed by atoms with Crippen LogP contribution in [0.3, 0.4) is 0 Å². The lowest BCUT2D eigenvalue weighted by Gasteiger charge is -2.03. The van der Waals surface area contributed by atoms with Crippen LogP contribution in [0, 0.1) is 0 Å². The Balaban J connectivity index is 2.57. The van der Waals surface area contributed by atoms with Crippen LogP contribution in [0.25, 0.3) is 0 Å². The number of nitrogens with zero attached hydrogens (tertiary/aromatic N) is 1. The molecule has 1 aromatic rings. The van der Waals surface area contributed by atoms with E-state index in [1.807, 2.05) is 0 Å². The number of anilines is 1. The molecule has 15 heavy (non-hydrogen) atoms. The number of hydrogen-bond donors (Lipinski definition) is 2. The van der Waals surface area contributed by atoms with Crippen LogP contribution in [-0.2, 0) is 4.79 Å². The van der Waals surface area contributed by atoms with E-state index in [9.17, 15) is 9.59 Å². The molecule has 0 aliphatic carbocycles. The third-order valence-electron chi connectivity index (χ3n) is 1.62. The minimum absolute atomic E-state index is 0.112. The molecule has 0 spiro atoms. The number of hydrogen-bond acceptors (Lipinski definition) is 5. The molecule has 5 nitrogen and oxygen atoms in total. The Hall–Kier alpha value is -1.27. The maximum Gasteiger partial charge on any atom is 0.227 e. The Bertz CT molecular complexity index is 373. The molecule has 1 heterocycles. The number of amides is 1. The molecule has 0 saturated carbocycles. The van der Waals surface area contributed by atoms with Gasteiger partial charge in [-0.1, -0.05) is 0 Å². The van der Waals surface area contributed by atoms with Crippen LogP contribution in [0.5, 0.6) is 0 Å². The van der Waals surface area contributed by atoms with Crippen LogP contribution >= 0.6 is 11.3 Å². The van der Waals surface area contributed by atoms with Gasteiger partial charge in [0.1, 0.15) is 5.69 Å². The van der Waals surface area contributed by atoms with Gasteiger partial charge in [-0.05, 0) is 6.92 Å². The first kappa shape index (κ1) is 11.8. The van der Waals surface area contributed by atoms with E-state index in [1.165, 1.54) is 18.3 Å². The summed E-state index contributed by atoms with van der Waals surface area (Å²) in [6.45, 7) is 3.19. The third-order valence-corrected chi connectivity index (χ3v) is 2.38. The van der Waals surface area contributed by atoms with Gasteiger partial charge in [-0.15, -0.1) is 11.3 Å². The predicted molar refractivity (Wildman–Crippen MR) is 59.0 cm³/mol. The quantitative estimate of drug-likeness (QED) is 0.752. The Kier molecular flexibility index (Phi) is 3.93. The van der Waals surface area contributed by atoms with E-state index in [-0.39, 0.29) is 24.2 Å². The van der Waals surface area contributed by atoms with Crippen molar-refractivity contribution in [2.24, 2.45) is 5.73 Å². The number of carbonyl (C=O) groups is 2. The zero-order valence-electron chi connectivity index (χ0n) is 8.61. The SMILES string of the molecule is CC(=O)c1csc(NC(=O)CC(C)N)n1. The van der Waals surface area contributed by atoms with Crippen LogP contribution in [0.4, 0.5) is 5.13 Å². The molecule has 82 valence electrons. The molecule has 0 aliphatic heterocycles. The van der Waals surface area contributed by atoms with E-state index >= 15 is 0 Å². The lowest BCUT2D eigenvalue weighted by molar-refractivity contribution is -0.116. The Morgan fingerprint density at radius 3 is 2.80 bits per heavy atom. The van der Waals surface area contributed by atoms with Crippen LogP contribution in [0.2, 0.25) is 0 Å². The lowest BCUT2D eigenvalue weighted by atomic mass is 10.2. The molecule has 6 heteroatoms. The van der Waals surface area contributed by atoms with Gasteiger partial charge in [0.25, 0.3) is 0 Å². The van der Waals surface area contributed by atoms with Gasteiger partial charge in [0.2, 0.25) is 5.91 Å². The van der Waals surface area contributed by atoms with Crippen LogP contribution in [0.1, 0.15) is 30.8 Å². The summed E-state index contributed by atoms with van der Waals surface area (Å²) in [6, 6.07) is -0.183. The largest absolute Gasteiger partial charge is 0.327 e. The van der Waals surface area contributed by atoms with E-state index in [0.717, 1.165) is 0 Å². The van der Waals surface area contributed by atoms with Crippen molar-refractivity contribution in [3.63, 3.8) is 0 Å². The van der Waals surface area contributed by atoms with E-state index < -0.39 is 0 Å². The topological polar surface area (TPSA) is 85.1 Å². The lowest BCUT2D eigenvalue weighted by Crippen LogP contribution is -2.23. The van der Waals surface area contributed by atoms with Crippen LogP contribution in [-0.4, -0.2) is 22.7 Å². The molecular weight excluding hydrogens is 214 g/mol. The fourth-order valence-electron chi connectivity index (χ4n) is 0.956. The van der Waals surface area contributed by atoms with Crippen molar-refractivity contribution < 1.29 is 9.59 Å². The van der Waals surface area contributed by atoms with Gasteiger partial charge in [-0.2, -0.15) is 0 Å². The second-order valence-electron chi connectivity index (χ2n) is 3.32. The van der Waals surface area contributed by atoms with Crippen molar-refractivity contribution in [1.82, 2.24) is 4.98 Å². The standard InChI is InChI=1S/C9H13N3O2S/c1-5(10)3-8(14)12-9-11-7(4-15-9)6(2)13/h4-5H,3,10H2,1-2H3,(H,11,12,14).